The van der Waals surface area contributed by atoms with Crippen molar-refractivity contribution in [2.45, 2.75) is 33.5 Å². The van der Waals surface area contributed by atoms with E-state index in [9.17, 15) is 0 Å². The molecule has 0 amide bonds. The lowest BCUT2D eigenvalue weighted by Gasteiger charge is -2.03. The first-order valence-electron chi connectivity index (χ1n) is 5.26. The summed E-state index contributed by atoms with van der Waals surface area (Å²) in [6.45, 7) is 5.41. The summed E-state index contributed by atoms with van der Waals surface area (Å²) in [5.41, 5.74) is 2.67. The number of aromatic nitrogens is 5. The van der Waals surface area contributed by atoms with E-state index in [0.29, 0.717) is 12.2 Å². The normalized spacial score (nSPS) is 10.9. The van der Waals surface area contributed by atoms with Crippen molar-refractivity contribution in [3.05, 3.63) is 29.3 Å². The van der Waals surface area contributed by atoms with Crippen LogP contribution in [0.3, 0.4) is 0 Å². The van der Waals surface area contributed by atoms with E-state index >= 15 is 0 Å². The second-order valence-electron chi connectivity index (χ2n) is 3.66. The summed E-state index contributed by atoms with van der Waals surface area (Å²) in [4.78, 5) is 0. The van der Waals surface area contributed by atoms with Gasteiger partial charge in [0.15, 0.2) is 0 Å². The Bertz CT molecular complexity index is 473. The summed E-state index contributed by atoms with van der Waals surface area (Å²) in [5.74, 6) is 0. The van der Waals surface area contributed by atoms with Crippen LogP contribution in [0.4, 0.5) is 0 Å². The molecule has 6 nitrogen and oxygen atoms in total. The zero-order valence-corrected chi connectivity index (χ0v) is 9.46. The molecule has 2 rings (SSSR count). The highest BCUT2D eigenvalue weighted by atomic mass is 16.3. The van der Waals surface area contributed by atoms with Gasteiger partial charge in [0.2, 0.25) is 0 Å². The molecule has 0 unspecified atom stereocenters. The van der Waals surface area contributed by atoms with Gasteiger partial charge in [-0.2, -0.15) is 5.10 Å². The van der Waals surface area contributed by atoms with Gasteiger partial charge < -0.3 is 5.11 Å². The van der Waals surface area contributed by atoms with E-state index in [-0.39, 0.29) is 6.61 Å². The Morgan fingerprint density at radius 2 is 2.25 bits per heavy atom. The summed E-state index contributed by atoms with van der Waals surface area (Å²) in [7, 11) is 0. The molecular weight excluding hydrogens is 206 g/mol. The third-order valence-electron chi connectivity index (χ3n) is 2.36. The molecule has 0 aliphatic heterocycles. The zero-order valence-electron chi connectivity index (χ0n) is 9.46. The fraction of sp³-hybridized carbons (Fsp3) is 0.500. The molecule has 0 saturated carbocycles. The molecule has 2 heterocycles. The van der Waals surface area contributed by atoms with Crippen LogP contribution >= 0.6 is 0 Å². The Hall–Kier alpha value is -1.69. The van der Waals surface area contributed by atoms with Gasteiger partial charge in [-0.05, 0) is 19.9 Å². The molecule has 86 valence electrons. The van der Waals surface area contributed by atoms with Gasteiger partial charge in [0, 0.05) is 6.54 Å². The van der Waals surface area contributed by atoms with Gasteiger partial charge in [0.25, 0.3) is 0 Å². The number of aliphatic hydroxyl groups excluding tert-OH is 1. The fourth-order valence-corrected chi connectivity index (χ4v) is 1.65. The Labute approximate surface area is 93.5 Å². The first-order valence-corrected chi connectivity index (χ1v) is 5.26. The highest BCUT2D eigenvalue weighted by Gasteiger charge is 2.06. The summed E-state index contributed by atoms with van der Waals surface area (Å²) in [6.07, 6.45) is 1.74. The van der Waals surface area contributed by atoms with Crippen molar-refractivity contribution in [1.29, 1.82) is 0 Å². The molecule has 0 aliphatic carbocycles. The maximum absolute atomic E-state index is 8.89. The number of aryl methyl sites for hydroxylation is 2. The third-order valence-corrected chi connectivity index (χ3v) is 2.36. The second-order valence-corrected chi connectivity index (χ2v) is 3.66. The molecule has 0 saturated heterocycles. The van der Waals surface area contributed by atoms with E-state index in [1.54, 1.807) is 10.9 Å². The minimum absolute atomic E-state index is 0.0773. The molecule has 1 N–H and O–H groups in total. The zero-order chi connectivity index (χ0) is 11.5. The minimum atomic E-state index is -0.0773. The van der Waals surface area contributed by atoms with Crippen molar-refractivity contribution in [1.82, 2.24) is 24.8 Å². The first-order chi connectivity index (χ1) is 7.72. The Kier molecular flexibility index (Phi) is 3.00. The van der Waals surface area contributed by atoms with Crippen LogP contribution in [0.25, 0.3) is 0 Å². The maximum atomic E-state index is 8.89. The van der Waals surface area contributed by atoms with Crippen LogP contribution in [-0.4, -0.2) is 29.9 Å². The van der Waals surface area contributed by atoms with Crippen LogP contribution in [0.1, 0.15) is 24.0 Å². The average molecular weight is 221 g/mol. The third kappa shape index (κ3) is 2.11. The largest absolute Gasteiger partial charge is 0.390 e. The average Bonchev–Trinajstić information content (AvgIpc) is 2.85. The predicted molar refractivity (Wildman–Crippen MR) is 57.7 cm³/mol. The minimum Gasteiger partial charge on any atom is -0.390 e. The number of nitrogens with zero attached hydrogens (tertiary/aromatic N) is 5. The number of hydrogen-bond acceptors (Lipinski definition) is 4. The number of rotatable bonds is 4. The summed E-state index contributed by atoms with van der Waals surface area (Å²) in [5, 5.41) is 21.0. The SMILES string of the molecule is CCn1nc(C)cc1Cn1cc(CO)nn1. The van der Waals surface area contributed by atoms with Crippen LogP contribution in [0, 0.1) is 6.92 Å². The second kappa shape index (κ2) is 4.44. The van der Waals surface area contributed by atoms with Crippen LogP contribution in [0.15, 0.2) is 12.3 Å². The molecule has 0 spiro atoms. The summed E-state index contributed by atoms with van der Waals surface area (Å²) >= 11 is 0. The van der Waals surface area contributed by atoms with Crippen molar-refractivity contribution >= 4 is 0 Å². The number of hydrogen-bond donors (Lipinski definition) is 1. The molecule has 0 fully saturated rings. The Morgan fingerprint density at radius 1 is 1.44 bits per heavy atom. The molecule has 2 aromatic rings. The highest BCUT2D eigenvalue weighted by molar-refractivity contribution is 5.09. The predicted octanol–water partition coefficient (Wildman–Crippen LogP) is 0.344. The lowest BCUT2D eigenvalue weighted by molar-refractivity contribution is 0.276. The molecule has 6 heteroatoms. The van der Waals surface area contributed by atoms with Crippen molar-refractivity contribution in [3.8, 4) is 0 Å². The molecule has 0 bridgehead atoms. The van der Waals surface area contributed by atoms with Gasteiger partial charge in [-0.3, -0.25) is 4.68 Å². The standard InChI is InChI=1S/C10H15N5O/c1-3-15-10(4-8(2)12-15)6-14-5-9(7-16)11-13-14/h4-5,16H,3,6-7H2,1-2H3. The van der Waals surface area contributed by atoms with Gasteiger partial charge >= 0.3 is 0 Å². The maximum Gasteiger partial charge on any atom is 0.108 e. The molecular formula is C10H15N5O. The lowest BCUT2D eigenvalue weighted by atomic mass is 10.3. The van der Waals surface area contributed by atoms with Gasteiger partial charge in [-0.1, -0.05) is 5.21 Å². The summed E-state index contributed by atoms with van der Waals surface area (Å²) < 4.78 is 3.64. The number of aliphatic hydroxyl groups is 1. The summed E-state index contributed by atoms with van der Waals surface area (Å²) in [6, 6.07) is 2.03. The first kappa shape index (κ1) is 10.8. The van der Waals surface area contributed by atoms with E-state index in [1.165, 1.54) is 0 Å². The molecule has 0 aromatic carbocycles. The van der Waals surface area contributed by atoms with Crippen molar-refractivity contribution < 1.29 is 5.11 Å². The van der Waals surface area contributed by atoms with E-state index in [2.05, 4.69) is 22.3 Å². The smallest absolute Gasteiger partial charge is 0.108 e. The highest BCUT2D eigenvalue weighted by Crippen LogP contribution is 2.06. The molecule has 0 atom stereocenters. The van der Waals surface area contributed by atoms with Gasteiger partial charge in [-0.25, -0.2) is 4.68 Å². The molecule has 0 aliphatic rings. The topological polar surface area (TPSA) is 68.8 Å². The van der Waals surface area contributed by atoms with Crippen LogP contribution < -0.4 is 0 Å². The van der Waals surface area contributed by atoms with Gasteiger partial charge in [0.05, 0.1) is 30.7 Å². The van der Waals surface area contributed by atoms with Crippen LogP contribution in [0.2, 0.25) is 0 Å². The van der Waals surface area contributed by atoms with Crippen LogP contribution in [-0.2, 0) is 19.7 Å². The molecule has 16 heavy (non-hydrogen) atoms. The van der Waals surface area contributed by atoms with Crippen molar-refractivity contribution in [2.24, 2.45) is 0 Å². The van der Waals surface area contributed by atoms with Crippen molar-refractivity contribution in [3.63, 3.8) is 0 Å². The Balaban J connectivity index is 2.19. The van der Waals surface area contributed by atoms with Crippen molar-refractivity contribution in [2.75, 3.05) is 0 Å². The molecule has 0 radical (unpaired) electrons. The fourth-order valence-electron chi connectivity index (χ4n) is 1.65. The van der Waals surface area contributed by atoms with E-state index in [4.69, 9.17) is 5.11 Å². The molecule has 2 aromatic heterocycles. The quantitative estimate of drug-likeness (QED) is 0.808. The van der Waals surface area contributed by atoms with Crippen LogP contribution in [0.5, 0.6) is 0 Å². The monoisotopic (exact) mass is 221 g/mol. The Morgan fingerprint density at radius 3 is 2.88 bits per heavy atom. The van der Waals surface area contributed by atoms with Gasteiger partial charge in [0.1, 0.15) is 5.69 Å². The van der Waals surface area contributed by atoms with E-state index < -0.39 is 0 Å². The van der Waals surface area contributed by atoms with Gasteiger partial charge in [-0.15, -0.1) is 5.10 Å². The van der Waals surface area contributed by atoms with E-state index in [0.717, 1.165) is 17.9 Å². The lowest BCUT2D eigenvalue weighted by Crippen LogP contribution is -2.08. The van der Waals surface area contributed by atoms with E-state index in [1.807, 2.05) is 17.7 Å².